The van der Waals surface area contributed by atoms with Gasteiger partial charge in [0.1, 0.15) is 5.82 Å². The third-order valence-electron chi connectivity index (χ3n) is 10.4. The number of pyridine rings is 1. The first-order valence-corrected chi connectivity index (χ1v) is 17.4. The first-order chi connectivity index (χ1) is 25.3. The molecule has 4 heterocycles. The molecule has 0 amide bonds. The normalized spacial score (nSPS) is 11.9. The predicted octanol–water partition coefficient (Wildman–Crippen LogP) is 12.0. The van der Waals surface area contributed by atoms with Gasteiger partial charge in [0.2, 0.25) is 0 Å². The molecule has 0 atom stereocenters. The first kappa shape index (κ1) is 28.0. The molecule has 0 saturated carbocycles. The number of nitrogens with zero attached hydrogens (tertiary/aromatic N) is 4. The van der Waals surface area contributed by atoms with E-state index in [0.29, 0.717) is 0 Å². The van der Waals surface area contributed by atoms with Crippen LogP contribution in [0.2, 0.25) is 0 Å². The number of para-hydroxylation sites is 5. The van der Waals surface area contributed by atoms with E-state index in [9.17, 15) is 0 Å². The zero-order valence-corrected chi connectivity index (χ0v) is 27.6. The lowest BCUT2D eigenvalue weighted by molar-refractivity contribution is 1.06. The predicted molar refractivity (Wildman–Crippen MR) is 213 cm³/mol. The van der Waals surface area contributed by atoms with Crippen LogP contribution in [-0.2, 0) is 0 Å². The summed E-state index contributed by atoms with van der Waals surface area (Å²) < 4.78 is 7.23. The largest absolute Gasteiger partial charge is 0.307 e. The van der Waals surface area contributed by atoms with Crippen LogP contribution in [0.1, 0.15) is 0 Å². The molecule has 4 heteroatoms. The molecule has 0 aliphatic carbocycles. The molecular weight excluding hydrogens is 621 g/mol. The molecule has 4 aromatic heterocycles. The van der Waals surface area contributed by atoms with Gasteiger partial charge in [-0.05, 0) is 42.5 Å². The van der Waals surface area contributed by atoms with Gasteiger partial charge >= 0.3 is 0 Å². The van der Waals surface area contributed by atoms with Crippen LogP contribution in [0, 0.1) is 0 Å². The van der Waals surface area contributed by atoms with Crippen molar-refractivity contribution in [3.63, 3.8) is 0 Å². The van der Waals surface area contributed by atoms with Gasteiger partial charge < -0.3 is 9.13 Å². The second kappa shape index (κ2) is 10.8. The fourth-order valence-electron chi connectivity index (χ4n) is 8.29. The van der Waals surface area contributed by atoms with Gasteiger partial charge in [0.15, 0.2) is 0 Å². The van der Waals surface area contributed by atoms with Crippen molar-refractivity contribution < 1.29 is 0 Å². The maximum Gasteiger partial charge on any atom is 0.140 e. The summed E-state index contributed by atoms with van der Waals surface area (Å²) in [6.45, 7) is 0. The molecule has 11 aromatic rings. The van der Waals surface area contributed by atoms with Crippen molar-refractivity contribution in [1.29, 1.82) is 0 Å². The van der Waals surface area contributed by atoms with Crippen LogP contribution in [0.15, 0.2) is 182 Å². The Morgan fingerprint density at radius 1 is 0.314 bits per heavy atom. The van der Waals surface area contributed by atoms with Gasteiger partial charge in [-0.15, -0.1) is 0 Å². The molecular formula is C47H30N4. The molecule has 0 unspecified atom stereocenters. The van der Waals surface area contributed by atoms with Gasteiger partial charge in [-0.25, -0.2) is 4.98 Å². The fourth-order valence-corrected chi connectivity index (χ4v) is 8.29. The summed E-state index contributed by atoms with van der Waals surface area (Å²) in [7, 11) is 0. The van der Waals surface area contributed by atoms with Gasteiger partial charge in [0.25, 0.3) is 0 Å². The summed E-state index contributed by atoms with van der Waals surface area (Å²) >= 11 is 0. The van der Waals surface area contributed by atoms with Crippen LogP contribution in [0.25, 0.3) is 93.9 Å². The average Bonchev–Trinajstić information content (AvgIpc) is 3.84. The number of fused-ring (bicyclic) bond motifs is 10. The highest BCUT2D eigenvalue weighted by atomic mass is 15.1. The Morgan fingerprint density at radius 2 is 0.725 bits per heavy atom. The lowest BCUT2D eigenvalue weighted by atomic mass is 10.1. The van der Waals surface area contributed by atoms with Crippen LogP contribution < -0.4 is 0 Å². The van der Waals surface area contributed by atoms with Crippen molar-refractivity contribution >= 4 is 65.4 Å². The maximum atomic E-state index is 5.42. The highest BCUT2D eigenvalue weighted by Crippen LogP contribution is 2.42. The highest BCUT2D eigenvalue weighted by Gasteiger charge is 2.22. The van der Waals surface area contributed by atoms with Crippen molar-refractivity contribution in [2.24, 2.45) is 0 Å². The van der Waals surface area contributed by atoms with E-state index in [0.717, 1.165) is 45.0 Å². The second-order valence-corrected chi connectivity index (χ2v) is 13.2. The zero-order chi connectivity index (χ0) is 33.5. The van der Waals surface area contributed by atoms with E-state index in [4.69, 9.17) is 4.98 Å². The van der Waals surface area contributed by atoms with Gasteiger partial charge in [-0.2, -0.15) is 0 Å². The standard InChI is InChI=1S/C47H30N4/c1-3-15-31(16-4-1)40-29-33(30-45(48-40)51-43-25-13-7-19-34(43)35-20-8-14-26-44(35)51)50-42-24-12-10-22-37(42)39-28-27-38-36-21-9-11-23-41(36)49(46(38)47(39)50)32-17-5-2-6-18-32/h1-30H. The SMILES string of the molecule is c1ccc(-c2cc(-n3c4ccccc4c4ccc5c6ccccc6n(-c6ccccc6)c5c43)cc(-n3c4ccccc4c4ccccc43)n2)cc1. The quantitative estimate of drug-likeness (QED) is 0.186. The number of hydrogen-bond donors (Lipinski definition) is 0. The van der Waals surface area contributed by atoms with Gasteiger partial charge in [-0.1, -0.05) is 133 Å². The van der Waals surface area contributed by atoms with E-state index in [-0.39, 0.29) is 0 Å². The summed E-state index contributed by atoms with van der Waals surface area (Å²) in [5.41, 5.74) is 11.2. The third-order valence-corrected chi connectivity index (χ3v) is 10.4. The van der Waals surface area contributed by atoms with E-state index >= 15 is 0 Å². The van der Waals surface area contributed by atoms with Crippen molar-refractivity contribution in [2.75, 3.05) is 0 Å². The summed E-state index contributed by atoms with van der Waals surface area (Å²) in [6, 6.07) is 65.3. The van der Waals surface area contributed by atoms with E-state index in [1.165, 1.54) is 48.9 Å². The van der Waals surface area contributed by atoms with E-state index in [1.54, 1.807) is 0 Å². The molecule has 4 nitrogen and oxygen atoms in total. The van der Waals surface area contributed by atoms with Gasteiger partial charge in [0.05, 0.1) is 44.5 Å². The van der Waals surface area contributed by atoms with Crippen molar-refractivity contribution in [1.82, 2.24) is 18.7 Å². The Kier molecular flexibility index (Phi) is 5.92. The number of aromatic nitrogens is 4. The lowest BCUT2D eigenvalue weighted by Gasteiger charge is -2.16. The highest BCUT2D eigenvalue weighted by molar-refractivity contribution is 6.24. The Morgan fingerprint density at radius 3 is 1.25 bits per heavy atom. The van der Waals surface area contributed by atoms with Gasteiger partial charge in [-0.3, -0.25) is 4.57 Å². The molecule has 0 radical (unpaired) electrons. The zero-order valence-electron chi connectivity index (χ0n) is 27.6. The Hall–Kier alpha value is -6.91. The van der Waals surface area contributed by atoms with Crippen molar-refractivity contribution in [3.8, 4) is 28.5 Å². The molecule has 7 aromatic carbocycles. The third kappa shape index (κ3) is 4.05. The lowest BCUT2D eigenvalue weighted by Crippen LogP contribution is -2.04. The molecule has 0 spiro atoms. The number of rotatable bonds is 4. The molecule has 51 heavy (non-hydrogen) atoms. The summed E-state index contributed by atoms with van der Waals surface area (Å²) in [6.07, 6.45) is 0. The van der Waals surface area contributed by atoms with Crippen LogP contribution in [0.4, 0.5) is 0 Å². The van der Waals surface area contributed by atoms with Crippen LogP contribution in [-0.4, -0.2) is 18.7 Å². The Balaban J connectivity index is 1.33. The average molecular weight is 651 g/mol. The maximum absolute atomic E-state index is 5.42. The molecule has 0 bridgehead atoms. The van der Waals surface area contributed by atoms with Gasteiger partial charge in [0, 0.05) is 49.6 Å². The molecule has 0 saturated heterocycles. The van der Waals surface area contributed by atoms with Crippen LogP contribution in [0.3, 0.4) is 0 Å². The fraction of sp³-hybridized carbons (Fsp3) is 0. The summed E-state index contributed by atoms with van der Waals surface area (Å²) in [4.78, 5) is 5.42. The minimum Gasteiger partial charge on any atom is -0.307 e. The van der Waals surface area contributed by atoms with Crippen molar-refractivity contribution in [3.05, 3.63) is 182 Å². The molecule has 0 N–H and O–H groups in total. The molecule has 0 aliphatic rings. The van der Waals surface area contributed by atoms with Crippen LogP contribution in [0.5, 0.6) is 0 Å². The van der Waals surface area contributed by atoms with Crippen LogP contribution >= 0.6 is 0 Å². The molecule has 0 aliphatic heterocycles. The minimum absolute atomic E-state index is 0.880. The second-order valence-electron chi connectivity index (χ2n) is 13.2. The smallest absolute Gasteiger partial charge is 0.140 e. The van der Waals surface area contributed by atoms with E-state index < -0.39 is 0 Å². The Labute approximate surface area is 293 Å². The Bertz CT molecular complexity index is 3070. The van der Waals surface area contributed by atoms with E-state index in [1.807, 2.05) is 0 Å². The monoisotopic (exact) mass is 650 g/mol. The number of benzene rings is 7. The summed E-state index contributed by atoms with van der Waals surface area (Å²) in [5, 5.41) is 7.33. The number of hydrogen-bond acceptors (Lipinski definition) is 1. The topological polar surface area (TPSA) is 27.7 Å². The molecule has 238 valence electrons. The molecule has 11 rings (SSSR count). The minimum atomic E-state index is 0.880. The van der Waals surface area contributed by atoms with Crippen molar-refractivity contribution in [2.45, 2.75) is 0 Å². The summed E-state index contributed by atoms with van der Waals surface area (Å²) in [5.74, 6) is 0.880. The molecule has 0 fully saturated rings. The van der Waals surface area contributed by atoms with E-state index in [2.05, 4.69) is 196 Å². The first-order valence-electron chi connectivity index (χ1n) is 17.4.